The van der Waals surface area contributed by atoms with E-state index in [0.717, 1.165) is 12.1 Å². The predicted octanol–water partition coefficient (Wildman–Crippen LogP) is 1.99. The smallest absolute Gasteiger partial charge is 0.185 e. The molecule has 0 radical (unpaired) electrons. The zero-order chi connectivity index (χ0) is 16.8. The summed E-state index contributed by atoms with van der Waals surface area (Å²) in [5.74, 6) is -3.36. The van der Waals surface area contributed by atoms with Gasteiger partial charge in [0, 0.05) is 5.56 Å². The predicted molar refractivity (Wildman–Crippen MR) is 76.7 cm³/mol. The van der Waals surface area contributed by atoms with Crippen LogP contribution in [0.1, 0.15) is 15.9 Å². The molecule has 4 nitrogen and oxygen atoms in total. The van der Waals surface area contributed by atoms with Gasteiger partial charge in [-0.15, -0.1) is 0 Å². The first-order chi connectivity index (χ1) is 11.0. The number of carbonyl (C=O) groups excluding carboxylic acids is 2. The van der Waals surface area contributed by atoms with Gasteiger partial charge in [-0.3, -0.25) is 4.79 Å². The molecule has 0 fully saturated rings. The Kier molecular flexibility index (Phi) is 5.19. The Bertz CT molecular complexity index is 752. The first kappa shape index (κ1) is 16.4. The molecular formula is C17H11F2O4-. The number of ether oxygens (including phenoxy) is 1. The van der Waals surface area contributed by atoms with Crippen LogP contribution < -0.4 is 9.84 Å². The highest BCUT2D eigenvalue weighted by Crippen LogP contribution is 2.14. The van der Waals surface area contributed by atoms with E-state index in [-0.39, 0.29) is 11.5 Å². The van der Waals surface area contributed by atoms with Gasteiger partial charge < -0.3 is 14.6 Å². The van der Waals surface area contributed by atoms with Gasteiger partial charge in [-0.05, 0) is 48.0 Å². The van der Waals surface area contributed by atoms with Gasteiger partial charge in [0.05, 0.1) is 5.97 Å². The van der Waals surface area contributed by atoms with Gasteiger partial charge in [-0.2, -0.15) is 0 Å². The van der Waals surface area contributed by atoms with Crippen molar-refractivity contribution in [1.29, 1.82) is 0 Å². The quantitative estimate of drug-likeness (QED) is 0.604. The Morgan fingerprint density at radius 2 is 1.74 bits per heavy atom. The van der Waals surface area contributed by atoms with E-state index in [4.69, 9.17) is 4.74 Å². The van der Waals surface area contributed by atoms with Crippen LogP contribution >= 0.6 is 0 Å². The maximum atomic E-state index is 13.0. The van der Waals surface area contributed by atoms with Gasteiger partial charge >= 0.3 is 0 Å². The van der Waals surface area contributed by atoms with Crippen molar-refractivity contribution < 1.29 is 28.2 Å². The summed E-state index contributed by atoms with van der Waals surface area (Å²) in [5.41, 5.74) is 0.691. The lowest BCUT2D eigenvalue weighted by atomic mass is 10.1. The number of halogens is 2. The van der Waals surface area contributed by atoms with Crippen molar-refractivity contribution in [1.82, 2.24) is 0 Å². The van der Waals surface area contributed by atoms with Gasteiger partial charge in [0.15, 0.2) is 17.4 Å². The third-order valence-corrected chi connectivity index (χ3v) is 2.87. The van der Waals surface area contributed by atoms with Crippen LogP contribution in [0.15, 0.2) is 48.5 Å². The van der Waals surface area contributed by atoms with Crippen molar-refractivity contribution in [2.75, 3.05) is 6.61 Å². The number of carboxylic acid groups (broad SMARTS) is 1. The van der Waals surface area contributed by atoms with Gasteiger partial charge in [-0.25, -0.2) is 8.78 Å². The van der Waals surface area contributed by atoms with E-state index in [1.807, 2.05) is 0 Å². The van der Waals surface area contributed by atoms with Crippen LogP contribution in [0.5, 0.6) is 5.75 Å². The molecule has 0 aliphatic rings. The number of allylic oxidation sites excluding steroid dienone is 1. The standard InChI is InChI=1S/C17H12F2O4/c18-14-7-1-11(9-15(14)19)2-8-16(20)12-3-5-13(6-4-12)23-10-17(21)22/h1-9H,10H2,(H,21,22)/p-1/b8-2+. The molecule has 118 valence electrons. The summed E-state index contributed by atoms with van der Waals surface area (Å²) in [5, 5.41) is 10.3. The number of ketones is 1. The Labute approximate surface area is 130 Å². The lowest BCUT2D eigenvalue weighted by Gasteiger charge is -2.06. The van der Waals surface area contributed by atoms with E-state index < -0.39 is 24.2 Å². The van der Waals surface area contributed by atoms with Gasteiger partial charge in [0.25, 0.3) is 0 Å². The van der Waals surface area contributed by atoms with Crippen LogP contribution in [0.2, 0.25) is 0 Å². The second-order valence-corrected chi connectivity index (χ2v) is 4.56. The number of aliphatic carboxylic acids is 1. The highest BCUT2D eigenvalue weighted by molar-refractivity contribution is 6.06. The van der Waals surface area contributed by atoms with Crippen molar-refractivity contribution in [2.24, 2.45) is 0 Å². The second-order valence-electron chi connectivity index (χ2n) is 4.56. The van der Waals surface area contributed by atoms with E-state index in [1.165, 1.54) is 42.5 Å². The number of hydrogen-bond acceptors (Lipinski definition) is 4. The number of hydrogen-bond donors (Lipinski definition) is 0. The molecule has 0 aliphatic carbocycles. The zero-order valence-corrected chi connectivity index (χ0v) is 11.8. The Morgan fingerprint density at radius 1 is 1.04 bits per heavy atom. The second kappa shape index (κ2) is 7.31. The third kappa shape index (κ3) is 4.74. The molecule has 0 heterocycles. The molecule has 2 aromatic carbocycles. The van der Waals surface area contributed by atoms with Crippen molar-refractivity contribution in [3.63, 3.8) is 0 Å². The van der Waals surface area contributed by atoms with E-state index in [1.54, 1.807) is 0 Å². The lowest BCUT2D eigenvalue weighted by molar-refractivity contribution is -0.307. The SMILES string of the molecule is O=C([O-])COc1ccc(C(=O)/C=C/c2ccc(F)c(F)c2)cc1. The number of carbonyl (C=O) groups is 2. The molecule has 0 amide bonds. The van der Waals surface area contributed by atoms with Gasteiger partial charge in [-0.1, -0.05) is 12.1 Å². The largest absolute Gasteiger partial charge is 0.546 e. The summed E-state index contributed by atoms with van der Waals surface area (Å²) in [6, 6.07) is 9.12. The van der Waals surface area contributed by atoms with Crippen LogP contribution in [-0.2, 0) is 4.79 Å². The molecule has 0 aliphatic heterocycles. The van der Waals surface area contributed by atoms with Crippen molar-refractivity contribution in [2.45, 2.75) is 0 Å². The summed E-state index contributed by atoms with van der Waals surface area (Å²) in [6.07, 6.45) is 2.59. The molecule has 2 aromatic rings. The molecule has 0 bridgehead atoms. The molecule has 0 N–H and O–H groups in total. The number of carboxylic acids is 1. The minimum absolute atomic E-state index is 0.287. The average Bonchev–Trinajstić information content (AvgIpc) is 2.54. The molecule has 2 rings (SSSR count). The van der Waals surface area contributed by atoms with Crippen molar-refractivity contribution >= 4 is 17.8 Å². The van der Waals surface area contributed by atoms with Crippen LogP contribution in [0, 0.1) is 11.6 Å². The minimum atomic E-state index is -1.35. The molecule has 0 atom stereocenters. The van der Waals surface area contributed by atoms with E-state index in [9.17, 15) is 23.5 Å². The van der Waals surface area contributed by atoms with Crippen molar-refractivity contribution in [3.8, 4) is 5.75 Å². The summed E-state index contributed by atoms with van der Waals surface area (Å²) in [4.78, 5) is 22.2. The van der Waals surface area contributed by atoms with E-state index >= 15 is 0 Å². The number of benzene rings is 2. The van der Waals surface area contributed by atoms with E-state index in [2.05, 4.69) is 0 Å². The summed E-state index contributed by atoms with van der Waals surface area (Å²) in [7, 11) is 0. The molecule has 23 heavy (non-hydrogen) atoms. The topological polar surface area (TPSA) is 66.4 Å². The fourth-order valence-corrected chi connectivity index (χ4v) is 1.74. The van der Waals surface area contributed by atoms with Gasteiger partial charge in [0.2, 0.25) is 0 Å². The molecular weight excluding hydrogens is 306 g/mol. The molecule has 0 saturated carbocycles. The van der Waals surface area contributed by atoms with Crippen molar-refractivity contribution in [3.05, 3.63) is 71.3 Å². The molecule has 0 unspecified atom stereocenters. The van der Waals surface area contributed by atoms with Crippen LogP contribution in [-0.4, -0.2) is 18.4 Å². The van der Waals surface area contributed by atoms with Crippen LogP contribution in [0.4, 0.5) is 8.78 Å². The number of rotatable bonds is 6. The Balaban J connectivity index is 2.03. The average molecular weight is 317 g/mol. The molecule has 6 heteroatoms. The molecule has 0 aromatic heterocycles. The molecule has 0 spiro atoms. The monoisotopic (exact) mass is 317 g/mol. The zero-order valence-electron chi connectivity index (χ0n) is 11.8. The Hall–Kier alpha value is -3.02. The fourth-order valence-electron chi connectivity index (χ4n) is 1.74. The fraction of sp³-hybridized carbons (Fsp3) is 0.0588. The van der Waals surface area contributed by atoms with Crippen LogP contribution in [0.3, 0.4) is 0 Å². The third-order valence-electron chi connectivity index (χ3n) is 2.87. The first-order valence-corrected chi connectivity index (χ1v) is 6.56. The maximum Gasteiger partial charge on any atom is 0.185 e. The normalized spacial score (nSPS) is 10.7. The summed E-state index contributed by atoms with van der Waals surface area (Å²) in [6.45, 7) is -0.580. The molecule has 0 saturated heterocycles. The summed E-state index contributed by atoms with van der Waals surface area (Å²) >= 11 is 0. The maximum absolute atomic E-state index is 13.0. The minimum Gasteiger partial charge on any atom is -0.546 e. The van der Waals surface area contributed by atoms with Crippen LogP contribution in [0.25, 0.3) is 6.08 Å². The van der Waals surface area contributed by atoms with E-state index in [0.29, 0.717) is 11.1 Å². The highest BCUT2D eigenvalue weighted by atomic mass is 19.2. The lowest BCUT2D eigenvalue weighted by Crippen LogP contribution is -2.28. The highest BCUT2D eigenvalue weighted by Gasteiger charge is 2.04. The Morgan fingerprint density at radius 3 is 2.35 bits per heavy atom. The summed E-state index contributed by atoms with van der Waals surface area (Å²) < 4.78 is 30.7. The first-order valence-electron chi connectivity index (χ1n) is 6.56. The van der Waals surface area contributed by atoms with Gasteiger partial charge in [0.1, 0.15) is 12.4 Å².